The van der Waals surface area contributed by atoms with Crippen LogP contribution in [0.2, 0.25) is 0 Å². The predicted molar refractivity (Wildman–Crippen MR) is 84.9 cm³/mol. The van der Waals surface area contributed by atoms with E-state index in [1.807, 2.05) is 0 Å². The Balaban J connectivity index is 1.93. The molecule has 6 nitrogen and oxygen atoms in total. The molecular formula is C16H18F2N4O2. The number of carbonyl (C=O) groups excluding carboxylic acids is 2. The van der Waals surface area contributed by atoms with Crippen molar-refractivity contribution in [2.45, 2.75) is 20.0 Å². The lowest BCUT2D eigenvalue weighted by molar-refractivity contribution is -0.117. The van der Waals surface area contributed by atoms with Crippen molar-refractivity contribution in [3.63, 3.8) is 0 Å². The number of benzene rings is 1. The quantitative estimate of drug-likeness (QED) is 0.789. The Kier molecular flexibility index (Phi) is 5.75. The number of amides is 1. The summed E-state index contributed by atoms with van der Waals surface area (Å²) < 4.78 is 26.3. The predicted octanol–water partition coefficient (Wildman–Crippen LogP) is 2.55. The van der Waals surface area contributed by atoms with Crippen LogP contribution in [0.5, 0.6) is 0 Å². The first kappa shape index (κ1) is 17.7. The van der Waals surface area contributed by atoms with E-state index >= 15 is 0 Å². The lowest BCUT2D eigenvalue weighted by Crippen LogP contribution is -2.30. The van der Waals surface area contributed by atoms with Crippen LogP contribution in [0.3, 0.4) is 0 Å². The number of carbonyl (C=O) groups is 2. The zero-order valence-electron chi connectivity index (χ0n) is 13.4. The summed E-state index contributed by atoms with van der Waals surface area (Å²) in [5.41, 5.74) is 1.01. The Morgan fingerprint density at radius 1 is 1.38 bits per heavy atom. The van der Waals surface area contributed by atoms with E-state index < -0.39 is 6.55 Å². The number of imidazole rings is 1. The summed E-state index contributed by atoms with van der Waals surface area (Å²) in [5, 5.41) is 2.68. The normalized spacial score (nSPS) is 11.1. The minimum atomic E-state index is -2.67. The van der Waals surface area contributed by atoms with Gasteiger partial charge in [0.15, 0.2) is 5.78 Å². The number of alkyl halides is 2. The zero-order chi connectivity index (χ0) is 17.7. The summed E-state index contributed by atoms with van der Waals surface area (Å²) in [6, 6.07) is 6.60. The number of aromatic nitrogens is 2. The highest BCUT2D eigenvalue weighted by Gasteiger charge is 2.15. The summed E-state index contributed by atoms with van der Waals surface area (Å²) in [6.07, 6.45) is 2.49. The van der Waals surface area contributed by atoms with E-state index in [0.29, 0.717) is 11.3 Å². The molecule has 1 aromatic heterocycles. The SMILES string of the molecule is CC(=O)c1cccc(NC(=O)CN(C)Cc2nccn2C(F)F)c1. The number of likely N-dealkylation sites (N-methyl/N-ethyl adjacent to an activating group) is 1. The molecule has 2 rings (SSSR count). The number of Topliss-reactive ketones (excluding diaryl/α,β-unsaturated/α-hetero) is 1. The molecule has 0 atom stereocenters. The number of rotatable bonds is 7. The third-order valence-corrected chi connectivity index (χ3v) is 3.34. The van der Waals surface area contributed by atoms with Crippen molar-refractivity contribution in [1.29, 1.82) is 0 Å². The van der Waals surface area contributed by atoms with E-state index in [0.717, 1.165) is 4.57 Å². The van der Waals surface area contributed by atoms with Gasteiger partial charge in [0, 0.05) is 23.6 Å². The average Bonchev–Trinajstić information content (AvgIpc) is 2.95. The van der Waals surface area contributed by atoms with Crippen molar-refractivity contribution in [2.75, 3.05) is 18.9 Å². The van der Waals surface area contributed by atoms with Crippen molar-refractivity contribution < 1.29 is 18.4 Å². The average molecular weight is 336 g/mol. The third-order valence-electron chi connectivity index (χ3n) is 3.34. The van der Waals surface area contributed by atoms with Gasteiger partial charge >= 0.3 is 6.55 Å². The molecule has 0 fully saturated rings. The Labute approximate surface area is 138 Å². The molecule has 0 unspecified atom stereocenters. The molecule has 0 spiro atoms. The van der Waals surface area contributed by atoms with Crippen LogP contribution in [0.15, 0.2) is 36.7 Å². The van der Waals surface area contributed by atoms with Crippen LogP contribution in [-0.4, -0.2) is 39.7 Å². The molecule has 0 aliphatic heterocycles. The highest BCUT2D eigenvalue weighted by molar-refractivity contribution is 5.97. The fourth-order valence-corrected chi connectivity index (χ4v) is 2.20. The molecule has 24 heavy (non-hydrogen) atoms. The number of hydrogen-bond acceptors (Lipinski definition) is 4. The van der Waals surface area contributed by atoms with E-state index in [1.54, 1.807) is 36.2 Å². The van der Waals surface area contributed by atoms with Crippen LogP contribution in [0.25, 0.3) is 0 Å². The Hall–Kier alpha value is -2.61. The van der Waals surface area contributed by atoms with Gasteiger partial charge in [-0.3, -0.25) is 19.1 Å². The molecule has 1 N–H and O–H groups in total. The fourth-order valence-electron chi connectivity index (χ4n) is 2.20. The second kappa shape index (κ2) is 7.78. The number of anilines is 1. The Bertz CT molecular complexity index is 730. The number of halogens is 2. The van der Waals surface area contributed by atoms with Crippen LogP contribution < -0.4 is 5.32 Å². The molecular weight excluding hydrogens is 318 g/mol. The van der Waals surface area contributed by atoms with Crippen LogP contribution >= 0.6 is 0 Å². The van der Waals surface area contributed by atoms with Crippen molar-refractivity contribution in [1.82, 2.24) is 14.5 Å². The molecule has 1 aromatic carbocycles. The number of ketones is 1. The van der Waals surface area contributed by atoms with E-state index in [-0.39, 0.29) is 30.6 Å². The van der Waals surface area contributed by atoms with Gasteiger partial charge < -0.3 is 5.32 Å². The standard InChI is InChI=1S/C16H18F2N4O2/c1-11(23)12-4-3-5-13(8-12)20-15(24)10-21(2)9-14-19-6-7-22(14)16(17)18/h3-8,16H,9-10H2,1-2H3,(H,20,24). The molecule has 0 aliphatic carbocycles. The summed E-state index contributed by atoms with van der Waals surface area (Å²) in [5.74, 6) is -0.228. The third kappa shape index (κ3) is 4.69. The summed E-state index contributed by atoms with van der Waals surface area (Å²) in [6.45, 7) is -1.11. The molecule has 2 aromatic rings. The van der Waals surface area contributed by atoms with Crippen LogP contribution in [-0.2, 0) is 11.3 Å². The van der Waals surface area contributed by atoms with E-state index in [1.165, 1.54) is 19.3 Å². The van der Waals surface area contributed by atoms with E-state index in [2.05, 4.69) is 10.3 Å². The van der Waals surface area contributed by atoms with Gasteiger partial charge in [-0.15, -0.1) is 0 Å². The first-order chi connectivity index (χ1) is 11.4. The molecule has 0 bridgehead atoms. The largest absolute Gasteiger partial charge is 0.325 e. The van der Waals surface area contributed by atoms with Gasteiger partial charge in [-0.25, -0.2) is 4.98 Å². The lowest BCUT2D eigenvalue weighted by Gasteiger charge is -2.17. The van der Waals surface area contributed by atoms with Gasteiger partial charge in [0.2, 0.25) is 5.91 Å². The summed E-state index contributed by atoms with van der Waals surface area (Å²) in [7, 11) is 1.63. The van der Waals surface area contributed by atoms with Crippen molar-refractivity contribution in [3.05, 3.63) is 48.0 Å². The summed E-state index contributed by atoms with van der Waals surface area (Å²) in [4.78, 5) is 28.8. The first-order valence-electron chi connectivity index (χ1n) is 7.26. The Morgan fingerprint density at radius 3 is 2.79 bits per heavy atom. The maximum Gasteiger partial charge on any atom is 0.319 e. The van der Waals surface area contributed by atoms with Gasteiger partial charge in [-0.05, 0) is 26.1 Å². The number of nitrogens with zero attached hydrogens (tertiary/aromatic N) is 3. The molecule has 8 heteroatoms. The molecule has 0 aliphatic rings. The molecule has 0 saturated carbocycles. The lowest BCUT2D eigenvalue weighted by atomic mass is 10.1. The smallest absolute Gasteiger partial charge is 0.319 e. The van der Waals surface area contributed by atoms with E-state index in [9.17, 15) is 18.4 Å². The van der Waals surface area contributed by atoms with Crippen LogP contribution in [0.4, 0.5) is 14.5 Å². The second-order valence-electron chi connectivity index (χ2n) is 5.39. The van der Waals surface area contributed by atoms with Crippen molar-refractivity contribution in [3.8, 4) is 0 Å². The number of hydrogen-bond donors (Lipinski definition) is 1. The number of nitrogens with one attached hydrogen (secondary N) is 1. The van der Waals surface area contributed by atoms with Gasteiger partial charge in [0.25, 0.3) is 0 Å². The minimum absolute atomic E-state index is 0.000394. The zero-order valence-corrected chi connectivity index (χ0v) is 13.4. The minimum Gasteiger partial charge on any atom is -0.325 e. The first-order valence-corrected chi connectivity index (χ1v) is 7.26. The van der Waals surface area contributed by atoms with Crippen LogP contribution in [0.1, 0.15) is 29.7 Å². The van der Waals surface area contributed by atoms with Gasteiger partial charge in [0.1, 0.15) is 5.82 Å². The summed E-state index contributed by atoms with van der Waals surface area (Å²) >= 11 is 0. The fraction of sp³-hybridized carbons (Fsp3) is 0.312. The maximum atomic E-state index is 12.8. The molecule has 0 saturated heterocycles. The van der Waals surface area contributed by atoms with Gasteiger partial charge in [0.05, 0.1) is 13.1 Å². The molecule has 1 amide bonds. The van der Waals surface area contributed by atoms with E-state index in [4.69, 9.17) is 0 Å². The van der Waals surface area contributed by atoms with Crippen molar-refractivity contribution in [2.24, 2.45) is 0 Å². The highest BCUT2D eigenvalue weighted by Crippen LogP contribution is 2.14. The second-order valence-corrected chi connectivity index (χ2v) is 5.39. The van der Waals surface area contributed by atoms with Crippen LogP contribution in [0, 0.1) is 0 Å². The molecule has 0 radical (unpaired) electrons. The van der Waals surface area contributed by atoms with Gasteiger partial charge in [-0.2, -0.15) is 8.78 Å². The Morgan fingerprint density at radius 2 is 2.12 bits per heavy atom. The van der Waals surface area contributed by atoms with Gasteiger partial charge in [-0.1, -0.05) is 12.1 Å². The maximum absolute atomic E-state index is 12.8. The molecule has 1 heterocycles. The monoisotopic (exact) mass is 336 g/mol. The topological polar surface area (TPSA) is 67.2 Å². The van der Waals surface area contributed by atoms with Crippen molar-refractivity contribution >= 4 is 17.4 Å². The highest BCUT2D eigenvalue weighted by atomic mass is 19.3. The molecule has 128 valence electrons.